The van der Waals surface area contributed by atoms with E-state index in [-0.39, 0.29) is 17.8 Å². The number of fused-ring (bicyclic) bond motifs is 1. The molecule has 1 atom stereocenters. The summed E-state index contributed by atoms with van der Waals surface area (Å²) in [5, 5.41) is 2.97. The summed E-state index contributed by atoms with van der Waals surface area (Å²) in [5.41, 5.74) is 3.37. The number of hydrogen-bond donors (Lipinski definition) is 1. The molecule has 0 fully saturated rings. The van der Waals surface area contributed by atoms with Gasteiger partial charge in [0.1, 0.15) is 11.5 Å². The topological polar surface area (TPSA) is 49.6 Å². The van der Waals surface area contributed by atoms with E-state index < -0.39 is 0 Å². The predicted octanol–water partition coefficient (Wildman–Crippen LogP) is 4.80. The zero-order chi connectivity index (χ0) is 22.5. The molecular formula is C25H25FN4OS. The summed E-state index contributed by atoms with van der Waals surface area (Å²) in [4.78, 5) is 20.3. The largest absolute Gasteiger partial charge is 0.350 e. The Balaban J connectivity index is 1.34. The lowest BCUT2D eigenvalue weighted by molar-refractivity contribution is 0.0942. The van der Waals surface area contributed by atoms with E-state index in [0.29, 0.717) is 12.1 Å². The fourth-order valence-corrected chi connectivity index (χ4v) is 4.30. The highest BCUT2D eigenvalue weighted by Crippen LogP contribution is 2.23. The van der Waals surface area contributed by atoms with Crippen LogP contribution in [0.25, 0.3) is 5.65 Å². The number of hydrogen-bond acceptors (Lipinski definition) is 4. The van der Waals surface area contributed by atoms with Crippen LogP contribution in [0, 0.1) is 5.82 Å². The molecule has 2 heterocycles. The Morgan fingerprint density at radius 3 is 2.66 bits per heavy atom. The third kappa shape index (κ3) is 5.36. The smallest absolute Gasteiger partial charge is 0.251 e. The molecule has 0 saturated heterocycles. The Labute approximate surface area is 191 Å². The van der Waals surface area contributed by atoms with Crippen molar-refractivity contribution in [3.63, 3.8) is 0 Å². The molecule has 0 saturated carbocycles. The maximum atomic E-state index is 13.6. The number of halogens is 1. The van der Waals surface area contributed by atoms with Crippen molar-refractivity contribution in [2.45, 2.75) is 16.7 Å². The number of thioether (sulfide) groups is 1. The van der Waals surface area contributed by atoms with Crippen LogP contribution in [0.5, 0.6) is 0 Å². The number of amides is 1. The SMILES string of the molecule is CN(C)C(CNC(=O)c1ccc(SCc2cn3ccccc3n2)cc1)c1cccc(F)c1. The highest BCUT2D eigenvalue weighted by Gasteiger charge is 2.16. The van der Waals surface area contributed by atoms with Gasteiger partial charge in [0.15, 0.2) is 0 Å². The lowest BCUT2D eigenvalue weighted by Crippen LogP contribution is -2.34. The molecule has 0 spiro atoms. The molecule has 5 nitrogen and oxygen atoms in total. The van der Waals surface area contributed by atoms with Crippen LogP contribution in [-0.4, -0.2) is 40.8 Å². The number of imidazole rings is 1. The molecule has 0 aliphatic rings. The second-order valence-electron chi connectivity index (χ2n) is 7.76. The summed E-state index contributed by atoms with van der Waals surface area (Å²) in [5.74, 6) is 0.327. The molecule has 2 aromatic carbocycles. The molecule has 1 N–H and O–H groups in total. The van der Waals surface area contributed by atoms with Crippen molar-refractivity contribution < 1.29 is 9.18 Å². The molecule has 164 valence electrons. The number of likely N-dealkylation sites (N-methyl/N-ethyl adjacent to an activating group) is 1. The first-order valence-electron chi connectivity index (χ1n) is 10.3. The van der Waals surface area contributed by atoms with E-state index in [1.807, 2.05) is 84.3 Å². The summed E-state index contributed by atoms with van der Waals surface area (Å²) in [7, 11) is 3.83. The average Bonchev–Trinajstić information content (AvgIpc) is 3.21. The maximum absolute atomic E-state index is 13.6. The minimum atomic E-state index is -0.280. The van der Waals surface area contributed by atoms with E-state index in [1.165, 1.54) is 12.1 Å². The Morgan fingerprint density at radius 2 is 1.94 bits per heavy atom. The van der Waals surface area contributed by atoms with Gasteiger partial charge in [0, 0.05) is 35.2 Å². The number of nitrogens with zero attached hydrogens (tertiary/aromatic N) is 3. The molecule has 0 aliphatic carbocycles. The highest BCUT2D eigenvalue weighted by atomic mass is 32.2. The van der Waals surface area contributed by atoms with Crippen LogP contribution in [0.2, 0.25) is 0 Å². The van der Waals surface area contributed by atoms with Crippen LogP contribution >= 0.6 is 11.8 Å². The van der Waals surface area contributed by atoms with Crippen LogP contribution in [0.1, 0.15) is 27.7 Å². The summed E-state index contributed by atoms with van der Waals surface area (Å²) in [6, 6.07) is 19.9. The zero-order valence-electron chi connectivity index (χ0n) is 18.0. The Bertz CT molecular complexity index is 1170. The summed E-state index contributed by atoms with van der Waals surface area (Å²) in [6.45, 7) is 0.389. The van der Waals surface area contributed by atoms with E-state index >= 15 is 0 Å². The van der Waals surface area contributed by atoms with Crippen LogP contribution in [-0.2, 0) is 5.75 Å². The van der Waals surface area contributed by atoms with E-state index in [1.54, 1.807) is 17.8 Å². The van der Waals surface area contributed by atoms with E-state index in [9.17, 15) is 9.18 Å². The first-order valence-corrected chi connectivity index (χ1v) is 11.3. The number of rotatable bonds is 8. The van der Waals surface area contributed by atoms with Gasteiger partial charge in [-0.15, -0.1) is 11.8 Å². The van der Waals surface area contributed by atoms with Crippen LogP contribution in [0.4, 0.5) is 4.39 Å². The standard InChI is InChI=1S/C25H25FN4OS/c1-29(2)23(19-6-5-7-20(26)14-19)15-27-25(31)18-9-11-22(12-10-18)32-17-21-16-30-13-4-3-8-24(30)28-21/h3-14,16,23H,15,17H2,1-2H3,(H,27,31). The monoisotopic (exact) mass is 448 g/mol. The minimum Gasteiger partial charge on any atom is -0.350 e. The zero-order valence-corrected chi connectivity index (χ0v) is 18.8. The number of nitrogens with one attached hydrogen (secondary N) is 1. The normalized spacial score (nSPS) is 12.2. The molecular weight excluding hydrogens is 423 g/mol. The number of pyridine rings is 1. The number of benzene rings is 2. The average molecular weight is 449 g/mol. The highest BCUT2D eigenvalue weighted by molar-refractivity contribution is 7.98. The van der Waals surface area contributed by atoms with Crippen molar-refractivity contribution in [3.8, 4) is 0 Å². The molecule has 0 aliphatic heterocycles. The summed E-state index contributed by atoms with van der Waals surface area (Å²) in [6.07, 6.45) is 4.02. The van der Waals surface area contributed by atoms with E-state index in [2.05, 4.69) is 10.3 Å². The van der Waals surface area contributed by atoms with Crippen molar-refractivity contribution in [1.82, 2.24) is 19.6 Å². The summed E-state index contributed by atoms with van der Waals surface area (Å²) >= 11 is 1.68. The third-order valence-electron chi connectivity index (χ3n) is 5.23. The lowest BCUT2D eigenvalue weighted by atomic mass is 10.1. The van der Waals surface area contributed by atoms with Crippen molar-refractivity contribution >= 4 is 23.3 Å². The quantitative estimate of drug-likeness (QED) is 0.394. The van der Waals surface area contributed by atoms with E-state index in [4.69, 9.17) is 0 Å². The maximum Gasteiger partial charge on any atom is 0.251 e. The third-order valence-corrected chi connectivity index (χ3v) is 6.28. The molecule has 0 radical (unpaired) electrons. The molecule has 4 rings (SSSR count). The Morgan fingerprint density at radius 1 is 1.12 bits per heavy atom. The van der Waals surface area contributed by atoms with Gasteiger partial charge in [-0.1, -0.05) is 18.2 Å². The van der Waals surface area contributed by atoms with Gasteiger partial charge in [-0.3, -0.25) is 4.79 Å². The number of carbonyl (C=O) groups excluding carboxylic acids is 1. The lowest BCUT2D eigenvalue weighted by Gasteiger charge is -2.25. The fourth-order valence-electron chi connectivity index (χ4n) is 3.52. The first kappa shape index (κ1) is 22.0. The first-order chi connectivity index (χ1) is 15.5. The summed E-state index contributed by atoms with van der Waals surface area (Å²) < 4.78 is 15.6. The molecule has 1 unspecified atom stereocenters. The van der Waals surface area contributed by atoms with Crippen molar-refractivity contribution in [2.75, 3.05) is 20.6 Å². The van der Waals surface area contributed by atoms with Gasteiger partial charge < -0.3 is 14.6 Å². The molecule has 4 aromatic rings. The second-order valence-corrected chi connectivity index (χ2v) is 8.80. The van der Waals surface area contributed by atoms with Gasteiger partial charge in [0.2, 0.25) is 0 Å². The minimum absolute atomic E-state index is 0.116. The predicted molar refractivity (Wildman–Crippen MR) is 126 cm³/mol. The van der Waals surface area contributed by atoms with Gasteiger partial charge in [0.25, 0.3) is 5.91 Å². The van der Waals surface area contributed by atoms with Crippen molar-refractivity contribution in [1.29, 1.82) is 0 Å². The second kappa shape index (κ2) is 9.97. The Hall–Kier alpha value is -3.16. The van der Waals surface area contributed by atoms with Gasteiger partial charge in [-0.2, -0.15) is 0 Å². The Kier molecular flexibility index (Phi) is 6.87. The van der Waals surface area contributed by atoms with E-state index in [0.717, 1.165) is 27.6 Å². The van der Waals surface area contributed by atoms with Gasteiger partial charge in [-0.25, -0.2) is 9.37 Å². The van der Waals surface area contributed by atoms with Gasteiger partial charge in [-0.05, 0) is 68.2 Å². The van der Waals surface area contributed by atoms with Gasteiger partial charge in [0.05, 0.1) is 11.7 Å². The van der Waals surface area contributed by atoms with Gasteiger partial charge >= 0.3 is 0 Å². The number of aromatic nitrogens is 2. The van der Waals surface area contributed by atoms with Crippen LogP contribution in [0.15, 0.2) is 84.0 Å². The van der Waals surface area contributed by atoms with Crippen LogP contribution < -0.4 is 5.32 Å². The van der Waals surface area contributed by atoms with Crippen LogP contribution in [0.3, 0.4) is 0 Å². The van der Waals surface area contributed by atoms with Crippen molar-refractivity contribution in [2.24, 2.45) is 0 Å². The fraction of sp³-hybridized carbons (Fsp3) is 0.200. The molecule has 0 bridgehead atoms. The number of carbonyl (C=O) groups is 1. The molecule has 7 heteroatoms. The molecule has 32 heavy (non-hydrogen) atoms. The van der Waals surface area contributed by atoms with Crippen molar-refractivity contribution in [3.05, 3.63) is 102 Å². The molecule has 1 amide bonds. The molecule has 2 aromatic heterocycles.